The second kappa shape index (κ2) is 14.1. The fourth-order valence-corrected chi connectivity index (χ4v) is 11.9. The normalized spacial score (nSPS) is 12.4. The molecule has 2 heterocycles. The molecule has 0 aliphatic heterocycles. The fraction of sp³-hybridized carbons (Fsp3) is 0.211. The van der Waals surface area contributed by atoms with Gasteiger partial charge in [-0.15, -0.1) is 0 Å². The molecular weight excluding hydrogens is 661 g/mol. The number of imidazole rings is 1. The van der Waals surface area contributed by atoms with Crippen LogP contribution in [0, 0.1) is 11.6 Å². The molecule has 0 saturated heterocycles. The van der Waals surface area contributed by atoms with E-state index in [0.29, 0.717) is 28.0 Å². The van der Waals surface area contributed by atoms with Crippen LogP contribution in [0.25, 0.3) is 22.4 Å². The molecule has 0 spiro atoms. The molecule has 0 bridgehead atoms. The first kappa shape index (κ1) is 34.3. The minimum atomic E-state index is -3.94. The summed E-state index contributed by atoms with van der Waals surface area (Å²) in [5, 5.41) is 1.95. The van der Waals surface area contributed by atoms with E-state index in [0.717, 1.165) is 22.5 Å². The van der Waals surface area contributed by atoms with Crippen LogP contribution in [0.4, 0.5) is 8.78 Å². The number of benzene rings is 4. The predicted octanol–water partition coefficient (Wildman–Crippen LogP) is 7.00. The Kier molecular flexibility index (Phi) is 9.89. The Morgan fingerprint density at radius 3 is 2.02 bits per heavy atom. The zero-order valence-corrected chi connectivity index (χ0v) is 29.3. The third-order valence-corrected chi connectivity index (χ3v) is 14.8. The lowest BCUT2D eigenvalue weighted by molar-refractivity contribution is 0.282. The summed E-state index contributed by atoms with van der Waals surface area (Å²) in [6.07, 6.45) is 3.08. The number of nitrogens with zero attached hydrogens (tertiary/aromatic N) is 3. The summed E-state index contributed by atoms with van der Waals surface area (Å²) in [6.45, 7) is 6.73. The molecule has 0 saturated carbocycles. The standard InChI is InChI=1S/C38H37F2N3O4SSi/c1-38(2,3)49(30-15-9-5-10-16-30,31-17-11-6-12-18-31)47-22-21-43-36-24-34(40)33(39)23-35(36)42-37(43)32-25-41-20-19-29(32)26-46-48(44,45)27-28-13-7-4-8-14-28/h4-20,23-25H,21-22,26-27H2,1-3H3. The van der Waals surface area contributed by atoms with Gasteiger partial charge in [0, 0.05) is 36.6 Å². The zero-order valence-electron chi connectivity index (χ0n) is 27.5. The second-order valence-electron chi connectivity index (χ2n) is 12.8. The van der Waals surface area contributed by atoms with Gasteiger partial charge in [0.15, 0.2) is 11.6 Å². The van der Waals surface area contributed by atoms with Gasteiger partial charge in [0.05, 0.1) is 24.2 Å². The van der Waals surface area contributed by atoms with Crippen molar-refractivity contribution in [3.05, 3.63) is 144 Å². The van der Waals surface area contributed by atoms with Gasteiger partial charge in [-0.1, -0.05) is 112 Å². The minimum absolute atomic E-state index is 0.224. The average molecular weight is 698 g/mol. The SMILES string of the molecule is CC(C)(C)[Si](OCCn1c(-c2cnccc2COS(=O)(=O)Cc2ccccc2)nc2cc(F)c(F)cc21)(c1ccccc1)c1ccccc1. The van der Waals surface area contributed by atoms with Crippen molar-refractivity contribution in [1.82, 2.24) is 14.5 Å². The van der Waals surface area contributed by atoms with Gasteiger partial charge in [-0.05, 0) is 32.6 Å². The molecule has 0 fully saturated rings. The van der Waals surface area contributed by atoms with Gasteiger partial charge in [0.2, 0.25) is 0 Å². The summed E-state index contributed by atoms with van der Waals surface area (Å²) in [7, 11) is -6.85. The van der Waals surface area contributed by atoms with E-state index in [1.54, 1.807) is 41.1 Å². The summed E-state index contributed by atoms with van der Waals surface area (Å²) in [6, 6.07) is 33.0. The van der Waals surface area contributed by atoms with Crippen LogP contribution in [-0.4, -0.2) is 37.9 Å². The van der Waals surface area contributed by atoms with Gasteiger partial charge < -0.3 is 8.99 Å². The molecular formula is C38H37F2N3O4SSi. The molecule has 0 unspecified atom stereocenters. The van der Waals surface area contributed by atoms with Gasteiger partial charge in [-0.25, -0.2) is 13.8 Å². The third kappa shape index (κ3) is 7.25. The highest BCUT2D eigenvalue weighted by Gasteiger charge is 2.50. The largest absolute Gasteiger partial charge is 0.406 e. The van der Waals surface area contributed by atoms with E-state index in [9.17, 15) is 17.2 Å². The third-order valence-electron chi connectivity index (χ3n) is 8.57. The van der Waals surface area contributed by atoms with Crippen LogP contribution < -0.4 is 10.4 Å². The van der Waals surface area contributed by atoms with Crippen molar-refractivity contribution in [2.75, 3.05) is 6.61 Å². The molecule has 4 aromatic carbocycles. The van der Waals surface area contributed by atoms with E-state index in [1.165, 1.54) is 6.20 Å². The molecule has 6 rings (SSSR count). The summed E-state index contributed by atoms with van der Waals surface area (Å²) < 4.78 is 69.3. The van der Waals surface area contributed by atoms with Gasteiger partial charge in [-0.3, -0.25) is 9.17 Å². The van der Waals surface area contributed by atoms with Gasteiger partial charge >= 0.3 is 0 Å². The average Bonchev–Trinajstić information content (AvgIpc) is 3.43. The van der Waals surface area contributed by atoms with Crippen LogP contribution in [0.2, 0.25) is 5.04 Å². The summed E-state index contributed by atoms with van der Waals surface area (Å²) in [5.74, 6) is -1.95. The van der Waals surface area contributed by atoms with Crippen LogP contribution >= 0.6 is 0 Å². The van der Waals surface area contributed by atoms with Crippen molar-refractivity contribution >= 4 is 39.8 Å². The number of fused-ring (bicyclic) bond motifs is 1. The molecule has 0 N–H and O–H groups in total. The minimum Gasteiger partial charge on any atom is -0.406 e. The summed E-state index contributed by atoms with van der Waals surface area (Å²) >= 11 is 0. The van der Waals surface area contributed by atoms with Gasteiger partial charge in [-0.2, -0.15) is 8.42 Å². The first-order chi connectivity index (χ1) is 23.5. The molecule has 7 nitrogen and oxygen atoms in total. The molecule has 0 radical (unpaired) electrons. The monoisotopic (exact) mass is 697 g/mol. The fourth-order valence-electron chi connectivity index (χ4n) is 6.33. The zero-order chi connectivity index (χ0) is 34.6. The molecule has 11 heteroatoms. The highest BCUT2D eigenvalue weighted by molar-refractivity contribution is 7.85. The van der Waals surface area contributed by atoms with E-state index in [2.05, 4.69) is 50.0 Å². The van der Waals surface area contributed by atoms with Crippen LogP contribution in [0.15, 0.2) is 122 Å². The van der Waals surface area contributed by atoms with Crippen molar-refractivity contribution in [2.24, 2.45) is 0 Å². The summed E-state index contributed by atoms with van der Waals surface area (Å²) in [4.78, 5) is 8.99. The smallest absolute Gasteiger partial charge is 0.271 e. The van der Waals surface area contributed by atoms with Crippen LogP contribution in [0.5, 0.6) is 0 Å². The Balaban J connectivity index is 1.37. The molecule has 6 aromatic rings. The molecule has 0 atom stereocenters. The van der Waals surface area contributed by atoms with Crippen molar-refractivity contribution < 1.29 is 25.8 Å². The Morgan fingerprint density at radius 2 is 1.41 bits per heavy atom. The molecule has 2 aromatic heterocycles. The maximum atomic E-state index is 14.7. The Morgan fingerprint density at radius 1 is 0.816 bits per heavy atom. The highest BCUT2D eigenvalue weighted by atomic mass is 32.2. The van der Waals surface area contributed by atoms with E-state index < -0.39 is 30.1 Å². The Hall–Kier alpha value is -4.55. The Labute approximate surface area is 286 Å². The molecule has 252 valence electrons. The molecule has 0 aliphatic carbocycles. The number of hydrogen-bond donors (Lipinski definition) is 0. The number of hydrogen-bond acceptors (Lipinski definition) is 6. The van der Waals surface area contributed by atoms with Crippen LogP contribution in [0.1, 0.15) is 31.9 Å². The van der Waals surface area contributed by atoms with Crippen LogP contribution in [-0.2, 0) is 37.6 Å². The maximum absolute atomic E-state index is 14.7. The first-order valence-electron chi connectivity index (χ1n) is 15.9. The lowest BCUT2D eigenvalue weighted by atomic mass is 10.1. The van der Waals surface area contributed by atoms with E-state index in [1.807, 2.05) is 42.5 Å². The molecule has 0 aliphatic rings. The van der Waals surface area contributed by atoms with E-state index >= 15 is 0 Å². The molecule has 0 amide bonds. The number of pyridine rings is 1. The number of halogens is 2. The van der Waals surface area contributed by atoms with E-state index in [-0.39, 0.29) is 36.1 Å². The lowest BCUT2D eigenvalue weighted by Gasteiger charge is -2.43. The molecule has 49 heavy (non-hydrogen) atoms. The van der Waals surface area contributed by atoms with Crippen molar-refractivity contribution in [3.63, 3.8) is 0 Å². The quantitative estimate of drug-likeness (QED) is 0.101. The van der Waals surface area contributed by atoms with Gasteiger partial charge in [0.25, 0.3) is 18.4 Å². The van der Waals surface area contributed by atoms with Crippen molar-refractivity contribution in [1.29, 1.82) is 0 Å². The highest BCUT2D eigenvalue weighted by Crippen LogP contribution is 2.37. The number of rotatable bonds is 12. The van der Waals surface area contributed by atoms with Gasteiger partial charge in [0.1, 0.15) is 11.6 Å². The topological polar surface area (TPSA) is 83.3 Å². The van der Waals surface area contributed by atoms with Crippen molar-refractivity contribution in [3.8, 4) is 11.4 Å². The second-order valence-corrected chi connectivity index (χ2v) is 18.8. The van der Waals surface area contributed by atoms with Crippen LogP contribution in [0.3, 0.4) is 0 Å². The predicted molar refractivity (Wildman–Crippen MR) is 190 cm³/mol. The van der Waals surface area contributed by atoms with E-state index in [4.69, 9.17) is 13.6 Å². The first-order valence-corrected chi connectivity index (χ1v) is 19.4. The Bertz CT molecular complexity index is 2120. The lowest BCUT2D eigenvalue weighted by Crippen LogP contribution is -2.66. The maximum Gasteiger partial charge on any atom is 0.271 e. The van der Waals surface area contributed by atoms with Crippen molar-refractivity contribution in [2.45, 2.75) is 44.7 Å². The number of aromatic nitrogens is 3. The summed E-state index contributed by atoms with van der Waals surface area (Å²) in [5.41, 5.74) is 2.18.